The van der Waals surface area contributed by atoms with Crippen molar-refractivity contribution in [2.45, 2.75) is 44.2 Å². The van der Waals surface area contributed by atoms with Crippen molar-refractivity contribution in [3.8, 4) is 0 Å². The Bertz CT molecular complexity index is 1100. The molecule has 1 atom stereocenters. The van der Waals surface area contributed by atoms with Crippen molar-refractivity contribution in [1.29, 1.82) is 0 Å². The van der Waals surface area contributed by atoms with E-state index in [1.165, 1.54) is 10.9 Å². The van der Waals surface area contributed by atoms with Gasteiger partial charge in [-0.2, -0.15) is 5.10 Å². The van der Waals surface area contributed by atoms with Crippen molar-refractivity contribution in [3.05, 3.63) is 58.8 Å². The van der Waals surface area contributed by atoms with E-state index < -0.39 is 5.60 Å². The Labute approximate surface area is 174 Å². The van der Waals surface area contributed by atoms with Crippen LogP contribution in [0.5, 0.6) is 0 Å². The first-order valence-electron chi connectivity index (χ1n) is 10.3. The fourth-order valence-electron chi connectivity index (χ4n) is 4.09. The zero-order valence-electron chi connectivity index (χ0n) is 17.4. The molecule has 4 rings (SSSR count). The number of likely N-dealkylation sites (tertiary alicyclic amines) is 1. The molecule has 1 amide bonds. The normalized spacial score (nSPS) is 17.2. The second kappa shape index (κ2) is 8.02. The topological polar surface area (TPSA) is 93.2 Å². The SMILES string of the molecule is C[C@H](CC(=O)N1CCC(O)(Cn2cnc3cn(C)nc3c2=O)CC1)c1ccccc1. The summed E-state index contributed by atoms with van der Waals surface area (Å²) in [6.45, 7) is 3.16. The van der Waals surface area contributed by atoms with E-state index in [-0.39, 0.29) is 23.9 Å². The highest BCUT2D eigenvalue weighted by Crippen LogP contribution is 2.26. The third-order valence-corrected chi connectivity index (χ3v) is 5.97. The summed E-state index contributed by atoms with van der Waals surface area (Å²) in [5, 5.41) is 15.2. The smallest absolute Gasteiger partial charge is 0.281 e. The zero-order valence-corrected chi connectivity index (χ0v) is 17.4. The molecule has 30 heavy (non-hydrogen) atoms. The molecule has 1 fully saturated rings. The van der Waals surface area contributed by atoms with Crippen LogP contribution < -0.4 is 5.56 Å². The molecule has 158 valence electrons. The van der Waals surface area contributed by atoms with Gasteiger partial charge < -0.3 is 10.0 Å². The number of nitrogens with zero attached hydrogens (tertiary/aromatic N) is 5. The first kappa shape index (κ1) is 20.3. The standard InChI is InChI=1S/C22H27N5O3/c1-16(17-6-4-3-5-7-17)12-19(28)26-10-8-22(30,9-11-26)14-27-15-23-18-13-25(2)24-20(18)21(27)29/h3-7,13,15-16,30H,8-12,14H2,1-2H3/t16-/m1/s1. The highest BCUT2D eigenvalue weighted by Gasteiger charge is 2.35. The van der Waals surface area contributed by atoms with Crippen LogP contribution in [0.15, 0.2) is 47.7 Å². The van der Waals surface area contributed by atoms with E-state index in [1.54, 1.807) is 17.9 Å². The molecule has 0 bridgehead atoms. The summed E-state index contributed by atoms with van der Waals surface area (Å²) in [7, 11) is 1.74. The summed E-state index contributed by atoms with van der Waals surface area (Å²) >= 11 is 0. The number of hydrogen-bond acceptors (Lipinski definition) is 5. The highest BCUT2D eigenvalue weighted by molar-refractivity contribution is 5.77. The first-order chi connectivity index (χ1) is 14.3. The van der Waals surface area contributed by atoms with Gasteiger partial charge in [-0.05, 0) is 24.3 Å². The Hall–Kier alpha value is -3.00. The van der Waals surface area contributed by atoms with Gasteiger partial charge in [-0.15, -0.1) is 0 Å². The molecular weight excluding hydrogens is 382 g/mol. The number of aromatic nitrogens is 4. The van der Waals surface area contributed by atoms with Gasteiger partial charge >= 0.3 is 0 Å². The summed E-state index contributed by atoms with van der Waals surface area (Å²) in [6.07, 6.45) is 4.44. The maximum Gasteiger partial charge on any atom is 0.281 e. The maximum absolute atomic E-state index is 12.7. The van der Waals surface area contributed by atoms with E-state index in [0.29, 0.717) is 43.4 Å². The summed E-state index contributed by atoms with van der Waals surface area (Å²) in [4.78, 5) is 31.5. The van der Waals surface area contributed by atoms with Gasteiger partial charge in [-0.1, -0.05) is 37.3 Å². The number of hydrogen-bond donors (Lipinski definition) is 1. The van der Waals surface area contributed by atoms with E-state index in [4.69, 9.17) is 0 Å². The Morgan fingerprint density at radius 3 is 2.63 bits per heavy atom. The number of amides is 1. The Morgan fingerprint density at radius 1 is 1.23 bits per heavy atom. The minimum Gasteiger partial charge on any atom is -0.388 e. The van der Waals surface area contributed by atoms with Gasteiger partial charge in [0.05, 0.1) is 24.7 Å². The maximum atomic E-state index is 12.7. The van der Waals surface area contributed by atoms with E-state index in [1.807, 2.05) is 35.2 Å². The van der Waals surface area contributed by atoms with E-state index >= 15 is 0 Å². The second-order valence-electron chi connectivity index (χ2n) is 8.34. The van der Waals surface area contributed by atoms with Crippen molar-refractivity contribution in [2.24, 2.45) is 7.05 Å². The van der Waals surface area contributed by atoms with Crippen molar-refractivity contribution in [2.75, 3.05) is 13.1 Å². The van der Waals surface area contributed by atoms with Gasteiger partial charge in [0.2, 0.25) is 5.91 Å². The Kier molecular flexibility index (Phi) is 5.42. The van der Waals surface area contributed by atoms with Gasteiger partial charge in [-0.3, -0.25) is 18.8 Å². The predicted octanol–water partition coefficient (Wildman–Crippen LogP) is 1.68. The third-order valence-electron chi connectivity index (χ3n) is 5.97. The minimum atomic E-state index is -1.05. The zero-order chi connectivity index (χ0) is 21.3. The van der Waals surface area contributed by atoms with E-state index in [0.717, 1.165) is 5.56 Å². The van der Waals surface area contributed by atoms with E-state index in [9.17, 15) is 14.7 Å². The fourth-order valence-corrected chi connectivity index (χ4v) is 4.09. The number of fused-ring (bicyclic) bond motifs is 1. The summed E-state index contributed by atoms with van der Waals surface area (Å²) < 4.78 is 2.98. The second-order valence-corrected chi connectivity index (χ2v) is 8.34. The van der Waals surface area contributed by atoms with Crippen molar-refractivity contribution >= 4 is 16.9 Å². The number of carbonyl (C=O) groups excluding carboxylic acids is 1. The van der Waals surface area contributed by atoms with Crippen molar-refractivity contribution in [1.82, 2.24) is 24.2 Å². The molecule has 1 aromatic carbocycles. The number of aliphatic hydroxyl groups is 1. The molecule has 8 nitrogen and oxygen atoms in total. The Balaban J connectivity index is 1.38. The van der Waals surface area contributed by atoms with Crippen LogP contribution in [0.3, 0.4) is 0 Å². The van der Waals surface area contributed by atoms with Crippen LogP contribution in [0.25, 0.3) is 11.0 Å². The van der Waals surface area contributed by atoms with Gasteiger partial charge in [0.15, 0.2) is 5.52 Å². The Morgan fingerprint density at radius 2 is 1.93 bits per heavy atom. The number of benzene rings is 1. The minimum absolute atomic E-state index is 0.0992. The van der Waals surface area contributed by atoms with Gasteiger partial charge in [0, 0.05) is 26.6 Å². The molecule has 0 spiro atoms. The van der Waals surface area contributed by atoms with Crippen LogP contribution in [0.4, 0.5) is 0 Å². The third kappa shape index (κ3) is 4.14. The van der Waals surface area contributed by atoms with Gasteiger partial charge in [0.1, 0.15) is 5.52 Å². The molecule has 1 N–H and O–H groups in total. The number of piperidine rings is 1. The summed E-state index contributed by atoms with van der Waals surface area (Å²) in [5.41, 5.74) is 0.681. The molecule has 3 aromatic rings. The molecule has 3 heterocycles. The quantitative estimate of drug-likeness (QED) is 0.692. The molecule has 1 aliphatic rings. The molecule has 0 unspecified atom stereocenters. The molecule has 0 saturated carbocycles. The number of carbonyl (C=O) groups is 1. The van der Waals surface area contributed by atoms with Gasteiger partial charge in [0.25, 0.3) is 5.56 Å². The molecule has 2 aromatic heterocycles. The lowest BCUT2D eigenvalue weighted by Gasteiger charge is -2.38. The number of aryl methyl sites for hydroxylation is 1. The van der Waals surface area contributed by atoms with Crippen molar-refractivity contribution < 1.29 is 9.90 Å². The predicted molar refractivity (Wildman–Crippen MR) is 113 cm³/mol. The highest BCUT2D eigenvalue weighted by atomic mass is 16.3. The number of rotatable bonds is 5. The van der Waals surface area contributed by atoms with Gasteiger partial charge in [-0.25, -0.2) is 4.98 Å². The fraction of sp³-hybridized carbons (Fsp3) is 0.455. The molecule has 0 radical (unpaired) electrons. The lowest BCUT2D eigenvalue weighted by atomic mass is 9.90. The lowest BCUT2D eigenvalue weighted by molar-refractivity contribution is -0.136. The monoisotopic (exact) mass is 409 g/mol. The average Bonchev–Trinajstić information content (AvgIpc) is 3.12. The van der Waals surface area contributed by atoms with Crippen LogP contribution >= 0.6 is 0 Å². The summed E-state index contributed by atoms with van der Waals surface area (Å²) in [5.74, 6) is 0.247. The van der Waals surface area contributed by atoms with Crippen LogP contribution in [-0.4, -0.2) is 53.9 Å². The molecule has 1 saturated heterocycles. The van der Waals surface area contributed by atoms with Crippen LogP contribution in [0.2, 0.25) is 0 Å². The van der Waals surface area contributed by atoms with Crippen LogP contribution in [-0.2, 0) is 18.4 Å². The largest absolute Gasteiger partial charge is 0.388 e. The van der Waals surface area contributed by atoms with E-state index in [2.05, 4.69) is 17.0 Å². The van der Waals surface area contributed by atoms with Crippen LogP contribution in [0, 0.1) is 0 Å². The van der Waals surface area contributed by atoms with Crippen molar-refractivity contribution in [3.63, 3.8) is 0 Å². The molecule has 0 aliphatic carbocycles. The molecular formula is C22H27N5O3. The molecule has 8 heteroatoms. The molecule has 1 aliphatic heterocycles. The van der Waals surface area contributed by atoms with Crippen LogP contribution in [0.1, 0.15) is 37.7 Å². The lowest BCUT2D eigenvalue weighted by Crippen LogP contribution is -2.49. The first-order valence-corrected chi connectivity index (χ1v) is 10.3. The average molecular weight is 409 g/mol. The summed E-state index contributed by atoms with van der Waals surface area (Å²) in [6, 6.07) is 10.0.